The maximum Gasteiger partial charge on any atom is 0.286 e. The molecule has 0 aliphatic heterocycles. The van der Waals surface area contributed by atoms with Crippen LogP contribution < -0.4 is 14.4 Å². The van der Waals surface area contributed by atoms with Gasteiger partial charge in [0, 0.05) is 13.1 Å². The van der Waals surface area contributed by atoms with Crippen molar-refractivity contribution >= 4 is 38.3 Å². The van der Waals surface area contributed by atoms with Gasteiger partial charge >= 0.3 is 0 Å². The average molecular weight is 387 g/mol. The molecule has 0 aliphatic rings. The number of para-hydroxylation sites is 1. The Morgan fingerprint density at radius 1 is 1.30 bits per heavy atom. The number of amides is 1. The summed E-state index contributed by atoms with van der Waals surface area (Å²) in [7, 11) is 2.95. The van der Waals surface area contributed by atoms with Gasteiger partial charge in [0.15, 0.2) is 16.6 Å². The van der Waals surface area contributed by atoms with Crippen molar-refractivity contribution in [2.45, 2.75) is 6.92 Å². The summed E-state index contributed by atoms with van der Waals surface area (Å²) in [6.45, 7) is 2.07. The molecule has 0 fully saturated rings. The number of nitro groups is 1. The van der Waals surface area contributed by atoms with E-state index in [9.17, 15) is 14.9 Å². The number of rotatable bonds is 6. The van der Waals surface area contributed by atoms with Crippen LogP contribution in [0.2, 0.25) is 0 Å². The standard InChI is InChI=1S/C18H17N3O5S/c1-4-26-15-10-13(21(23)24)11(9-14(15)25-3)17(22)20(2)18-19-12-7-5-6-8-16(12)27-18/h5-10H,4H2,1-3H3. The van der Waals surface area contributed by atoms with Gasteiger partial charge < -0.3 is 9.47 Å². The van der Waals surface area contributed by atoms with Gasteiger partial charge in [0.2, 0.25) is 0 Å². The number of aromatic nitrogens is 1. The van der Waals surface area contributed by atoms with E-state index >= 15 is 0 Å². The van der Waals surface area contributed by atoms with Gasteiger partial charge in [-0.2, -0.15) is 0 Å². The molecule has 2 aromatic carbocycles. The first-order valence-corrected chi connectivity index (χ1v) is 8.90. The van der Waals surface area contributed by atoms with Crippen molar-refractivity contribution in [1.29, 1.82) is 0 Å². The van der Waals surface area contributed by atoms with Crippen molar-refractivity contribution < 1.29 is 19.2 Å². The van der Waals surface area contributed by atoms with E-state index in [2.05, 4.69) is 4.98 Å². The maximum absolute atomic E-state index is 13.0. The number of benzene rings is 2. The zero-order valence-electron chi connectivity index (χ0n) is 15.0. The number of hydrogen-bond donors (Lipinski definition) is 0. The van der Waals surface area contributed by atoms with Crippen molar-refractivity contribution in [2.24, 2.45) is 0 Å². The molecule has 3 aromatic rings. The molecule has 0 N–H and O–H groups in total. The van der Waals surface area contributed by atoms with E-state index in [0.29, 0.717) is 11.7 Å². The molecule has 0 saturated carbocycles. The van der Waals surface area contributed by atoms with Gasteiger partial charge in [0.25, 0.3) is 11.6 Å². The van der Waals surface area contributed by atoms with Crippen molar-refractivity contribution in [3.05, 3.63) is 52.1 Å². The summed E-state index contributed by atoms with van der Waals surface area (Å²) >= 11 is 1.33. The second kappa shape index (κ2) is 7.58. The van der Waals surface area contributed by atoms with Crippen LogP contribution in [0.15, 0.2) is 36.4 Å². The molecule has 3 rings (SSSR count). The number of methoxy groups -OCH3 is 1. The fourth-order valence-corrected chi connectivity index (χ4v) is 3.50. The zero-order valence-corrected chi connectivity index (χ0v) is 15.8. The molecule has 9 heteroatoms. The van der Waals surface area contributed by atoms with Crippen LogP contribution >= 0.6 is 11.3 Å². The molecule has 0 bridgehead atoms. The Kier molecular flexibility index (Phi) is 5.22. The van der Waals surface area contributed by atoms with Crippen LogP contribution in [-0.2, 0) is 0 Å². The van der Waals surface area contributed by atoms with E-state index in [1.807, 2.05) is 24.3 Å². The lowest BCUT2D eigenvalue weighted by Crippen LogP contribution is -2.27. The largest absolute Gasteiger partial charge is 0.493 e. The van der Waals surface area contributed by atoms with Crippen LogP contribution in [0, 0.1) is 10.1 Å². The minimum atomic E-state index is -0.610. The Morgan fingerprint density at radius 2 is 2.04 bits per heavy atom. The topological polar surface area (TPSA) is 94.8 Å². The number of carbonyl (C=O) groups is 1. The molecule has 1 aromatic heterocycles. The van der Waals surface area contributed by atoms with E-state index in [1.54, 1.807) is 6.92 Å². The average Bonchev–Trinajstić information content (AvgIpc) is 3.10. The Labute approximate surface area is 159 Å². The van der Waals surface area contributed by atoms with Crippen LogP contribution in [0.5, 0.6) is 11.5 Å². The van der Waals surface area contributed by atoms with Gasteiger partial charge in [0.1, 0.15) is 5.56 Å². The number of carbonyl (C=O) groups excluding carboxylic acids is 1. The molecule has 27 heavy (non-hydrogen) atoms. The molecule has 0 atom stereocenters. The normalized spacial score (nSPS) is 10.6. The van der Waals surface area contributed by atoms with Gasteiger partial charge in [-0.25, -0.2) is 4.98 Å². The van der Waals surface area contributed by atoms with Crippen molar-refractivity contribution in [2.75, 3.05) is 25.7 Å². The van der Waals surface area contributed by atoms with Gasteiger partial charge in [0.05, 0.1) is 34.9 Å². The van der Waals surface area contributed by atoms with Crippen molar-refractivity contribution in [3.8, 4) is 11.5 Å². The number of hydrogen-bond acceptors (Lipinski definition) is 7. The van der Waals surface area contributed by atoms with Crippen LogP contribution in [0.1, 0.15) is 17.3 Å². The Bertz CT molecular complexity index is 984. The lowest BCUT2D eigenvalue weighted by Gasteiger charge is -2.16. The Balaban J connectivity index is 2.05. The summed E-state index contributed by atoms with van der Waals surface area (Å²) in [6.07, 6.45) is 0. The van der Waals surface area contributed by atoms with Gasteiger partial charge in [-0.3, -0.25) is 19.8 Å². The lowest BCUT2D eigenvalue weighted by atomic mass is 10.1. The van der Waals surface area contributed by atoms with Gasteiger partial charge in [-0.15, -0.1) is 0 Å². The number of nitro benzene ring substituents is 1. The molecular formula is C18H17N3O5S. The Hall–Kier alpha value is -3.20. The predicted octanol–water partition coefficient (Wildman–Crippen LogP) is 3.89. The predicted molar refractivity (Wildman–Crippen MR) is 103 cm³/mol. The SMILES string of the molecule is CCOc1cc([N+](=O)[O-])c(C(=O)N(C)c2nc3ccccc3s2)cc1OC. The molecule has 8 nitrogen and oxygen atoms in total. The second-order valence-corrected chi connectivity index (χ2v) is 6.55. The molecule has 1 heterocycles. The smallest absolute Gasteiger partial charge is 0.286 e. The number of anilines is 1. The monoisotopic (exact) mass is 387 g/mol. The molecule has 0 radical (unpaired) electrons. The van der Waals surface area contributed by atoms with E-state index < -0.39 is 10.8 Å². The highest BCUT2D eigenvalue weighted by molar-refractivity contribution is 7.22. The molecular weight excluding hydrogens is 370 g/mol. The van der Waals surface area contributed by atoms with Crippen LogP contribution in [0.25, 0.3) is 10.2 Å². The molecule has 140 valence electrons. The molecule has 0 saturated heterocycles. The number of thiazole rings is 1. The fourth-order valence-electron chi connectivity index (χ4n) is 2.57. The minimum absolute atomic E-state index is 0.0953. The lowest BCUT2D eigenvalue weighted by molar-refractivity contribution is -0.385. The van der Waals surface area contributed by atoms with Crippen molar-refractivity contribution in [1.82, 2.24) is 4.98 Å². The van der Waals surface area contributed by atoms with Gasteiger partial charge in [-0.1, -0.05) is 23.5 Å². The number of ether oxygens (including phenoxy) is 2. The fraction of sp³-hybridized carbons (Fsp3) is 0.222. The summed E-state index contributed by atoms with van der Waals surface area (Å²) in [5.41, 5.74) is 0.315. The van der Waals surface area contributed by atoms with E-state index in [0.717, 1.165) is 10.2 Å². The maximum atomic E-state index is 13.0. The first kappa shape index (κ1) is 18.6. The minimum Gasteiger partial charge on any atom is -0.493 e. The third-order valence-corrected chi connectivity index (χ3v) is 5.00. The number of fused-ring (bicyclic) bond motifs is 1. The zero-order chi connectivity index (χ0) is 19.6. The molecule has 0 spiro atoms. The highest BCUT2D eigenvalue weighted by atomic mass is 32.1. The summed E-state index contributed by atoms with van der Waals surface area (Å²) in [6, 6.07) is 10.0. The first-order chi connectivity index (χ1) is 13.0. The van der Waals surface area contributed by atoms with Gasteiger partial charge in [-0.05, 0) is 19.1 Å². The third-order valence-electron chi connectivity index (χ3n) is 3.88. The molecule has 0 aliphatic carbocycles. The molecule has 0 unspecified atom stereocenters. The third kappa shape index (κ3) is 3.54. The van der Waals surface area contributed by atoms with Crippen LogP contribution in [0.3, 0.4) is 0 Å². The van der Waals surface area contributed by atoms with Crippen molar-refractivity contribution in [3.63, 3.8) is 0 Å². The summed E-state index contributed by atoms with van der Waals surface area (Å²) in [5.74, 6) is -0.0866. The highest BCUT2D eigenvalue weighted by Gasteiger charge is 2.28. The Morgan fingerprint density at radius 3 is 2.67 bits per heavy atom. The van der Waals surface area contributed by atoms with Crippen LogP contribution in [0.4, 0.5) is 10.8 Å². The summed E-state index contributed by atoms with van der Waals surface area (Å²) in [5, 5.41) is 12.0. The molecule has 1 amide bonds. The first-order valence-electron chi connectivity index (χ1n) is 8.09. The number of nitrogens with zero attached hydrogens (tertiary/aromatic N) is 3. The summed E-state index contributed by atoms with van der Waals surface area (Å²) in [4.78, 5) is 29.6. The van der Waals surface area contributed by atoms with E-state index in [1.165, 1.54) is 42.5 Å². The highest BCUT2D eigenvalue weighted by Crippen LogP contribution is 2.36. The van der Waals surface area contributed by atoms with Crippen LogP contribution in [-0.4, -0.2) is 36.6 Å². The second-order valence-electron chi connectivity index (χ2n) is 5.54. The van der Waals surface area contributed by atoms with E-state index in [4.69, 9.17) is 9.47 Å². The van der Waals surface area contributed by atoms with E-state index in [-0.39, 0.29) is 22.7 Å². The quantitative estimate of drug-likeness (QED) is 0.470. The summed E-state index contributed by atoms with van der Waals surface area (Å²) < 4.78 is 11.5.